The molecule has 1 fully saturated rings. The smallest absolute Gasteiger partial charge is 0.158 e. The molecule has 0 unspecified atom stereocenters. The summed E-state index contributed by atoms with van der Waals surface area (Å²) in [4.78, 5) is 17.4. The highest BCUT2D eigenvalue weighted by molar-refractivity contribution is 9.11. The topological polar surface area (TPSA) is 118 Å². The van der Waals surface area contributed by atoms with Crippen LogP contribution in [0.25, 0.3) is 0 Å². The van der Waals surface area contributed by atoms with Crippen molar-refractivity contribution >= 4 is 73.8 Å². The average Bonchev–Trinajstić information content (AvgIpc) is 3.22. The first-order valence-electron chi connectivity index (χ1n) is 9.69. The quantitative estimate of drug-likeness (QED) is 0.437. The first-order chi connectivity index (χ1) is 14.9. The molecule has 3 aromatic heterocycles. The maximum atomic E-state index is 8.75. The standard InChI is InChI=1S/C20H19BrClN7S2/c21-13-7-10-12(30-13)8-20(16(10)23)2-5-29(6-3-20)14-9-27-19(18(25)28-14)31-11-1-4-26-17(24)15(11)22/h1,4,7,9,23H,2-3,5-6,8H2,(H2,24,26)(H2,25,28). The van der Waals surface area contributed by atoms with Crippen molar-refractivity contribution in [1.82, 2.24) is 15.0 Å². The molecule has 4 heterocycles. The number of nitrogens with zero attached hydrogens (tertiary/aromatic N) is 4. The van der Waals surface area contributed by atoms with Crippen LogP contribution in [0.5, 0.6) is 0 Å². The highest BCUT2D eigenvalue weighted by atomic mass is 79.9. The molecule has 1 aliphatic heterocycles. The Kier molecular flexibility index (Phi) is 5.36. The molecular weight excluding hydrogens is 518 g/mol. The Morgan fingerprint density at radius 3 is 2.71 bits per heavy atom. The third kappa shape index (κ3) is 3.69. The molecule has 2 aliphatic rings. The molecule has 11 heteroatoms. The number of rotatable bonds is 3. The van der Waals surface area contributed by atoms with E-state index >= 15 is 0 Å². The van der Waals surface area contributed by atoms with Gasteiger partial charge >= 0.3 is 0 Å². The summed E-state index contributed by atoms with van der Waals surface area (Å²) < 4.78 is 1.11. The summed E-state index contributed by atoms with van der Waals surface area (Å²) in [7, 11) is 0. The lowest BCUT2D eigenvalue weighted by Crippen LogP contribution is -2.43. The van der Waals surface area contributed by atoms with Gasteiger partial charge in [-0.3, -0.25) is 0 Å². The zero-order chi connectivity index (χ0) is 21.8. The predicted molar refractivity (Wildman–Crippen MR) is 131 cm³/mol. The third-order valence-corrected chi connectivity index (χ3v) is 9.18. The van der Waals surface area contributed by atoms with E-state index in [2.05, 4.69) is 41.8 Å². The lowest BCUT2D eigenvalue weighted by Gasteiger charge is -2.39. The summed E-state index contributed by atoms with van der Waals surface area (Å²) in [5.74, 6) is 1.39. The molecule has 31 heavy (non-hydrogen) atoms. The Bertz CT molecular complexity index is 1190. The molecule has 0 atom stereocenters. The van der Waals surface area contributed by atoms with E-state index in [9.17, 15) is 0 Å². The lowest BCUT2D eigenvalue weighted by molar-refractivity contribution is 0.329. The molecule has 0 aromatic carbocycles. The molecule has 0 radical (unpaired) electrons. The van der Waals surface area contributed by atoms with E-state index in [0.717, 1.165) is 58.1 Å². The van der Waals surface area contributed by atoms with E-state index in [4.69, 9.17) is 28.5 Å². The van der Waals surface area contributed by atoms with Gasteiger partial charge < -0.3 is 21.8 Å². The molecule has 0 amide bonds. The predicted octanol–water partition coefficient (Wildman–Crippen LogP) is 4.88. The van der Waals surface area contributed by atoms with E-state index < -0.39 is 0 Å². The SMILES string of the molecule is N=C1c2cc(Br)sc2CC12CCN(c1cnc(Sc3ccnc(N)c3Cl)c(N)n1)CC2. The number of pyridine rings is 1. The summed E-state index contributed by atoms with van der Waals surface area (Å²) >= 11 is 12.8. The molecule has 0 bridgehead atoms. The molecule has 3 aromatic rings. The second kappa shape index (κ2) is 7.91. The number of anilines is 3. The van der Waals surface area contributed by atoms with Gasteiger partial charge in [-0.05, 0) is 47.3 Å². The summed E-state index contributed by atoms with van der Waals surface area (Å²) in [5.41, 5.74) is 13.8. The van der Waals surface area contributed by atoms with Crippen LogP contribution in [0.15, 0.2) is 38.2 Å². The van der Waals surface area contributed by atoms with Gasteiger partial charge in [0.25, 0.3) is 0 Å². The zero-order valence-corrected chi connectivity index (χ0v) is 20.3. The summed E-state index contributed by atoms with van der Waals surface area (Å²) in [5, 5.41) is 9.72. The minimum atomic E-state index is -0.0504. The highest BCUT2D eigenvalue weighted by Gasteiger charge is 2.45. The average molecular weight is 537 g/mol. The fourth-order valence-electron chi connectivity index (χ4n) is 4.25. The fourth-order valence-corrected chi connectivity index (χ4v) is 7.11. The van der Waals surface area contributed by atoms with Crippen LogP contribution in [0.1, 0.15) is 23.3 Å². The Morgan fingerprint density at radius 2 is 2.00 bits per heavy atom. The maximum Gasteiger partial charge on any atom is 0.158 e. The van der Waals surface area contributed by atoms with Crippen molar-refractivity contribution in [3.05, 3.63) is 43.8 Å². The molecule has 5 rings (SSSR count). The molecule has 0 saturated carbocycles. The molecule has 5 N–H and O–H groups in total. The van der Waals surface area contributed by atoms with Gasteiger partial charge in [0.1, 0.15) is 16.7 Å². The van der Waals surface area contributed by atoms with Crippen LogP contribution in [0.4, 0.5) is 17.5 Å². The number of thiophene rings is 1. The van der Waals surface area contributed by atoms with Gasteiger partial charge in [-0.2, -0.15) is 0 Å². The monoisotopic (exact) mass is 535 g/mol. The second-order valence-corrected chi connectivity index (χ2v) is 11.7. The van der Waals surface area contributed by atoms with Gasteiger partial charge in [-0.25, -0.2) is 15.0 Å². The van der Waals surface area contributed by atoms with Crippen molar-refractivity contribution in [2.24, 2.45) is 5.41 Å². The second-order valence-electron chi connectivity index (χ2n) is 7.74. The van der Waals surface area contributed by atoms with Crippen molar-refractivity contribution in [2.75, 3.05) is 29.5 Å². The largest absolute Gasteiger partial charge is 0.382 e. The number of piperidine rings is 1. The minimum absolute atomic E-state index is 0.0504. The van der Waals surface area contributed by atoms with Crippen LogP contribution in [-0.4, -0.2) is 33.8 Å². The van der Waals surface area contributed by atoms with Crippen LogP contribution in [0, 0.1) is 10.8 Å². The van der Waals surface area contributed by atoms with Crippen molar-refractivity contribution in [3.63, 3.8) is 0 Å². The molecule has 1 spiro atoms. The molecule has 7 nitrogen and oxygen atoms in total. The van der Waals surface area contributed by atoms with Crippen LogP contribution in [0.3, 0.4) is 0 Å². The Labute approximate surface area is 201 Å². The van der Waals surface area contributed by atoms with E-state index in [1.54, 1.807) is 29.8 Å². The summed E-state index contributed by atoms with van der Waals surface area (Å²) in [6.07, 6.45) is 6.17. The first-order valence-corrected chi connectivity index (χ1v) is 12.5. The van der Waals surface area contributed by atoms with Gasteiger partial charge in [0, 0.05) is 45.7 Å². The van der Waals surface area contributed by atoms with Crippen molar-refractivity contribution in [3.8, 4) is 0 Å². The summed E-state index contributed by atoms with van der Waals surface area (Å²) in [6, 6.07) is 3.87. The van der Waals surface area contributed by atoms with Crippen LogP contribution in [0.2, 0.25) is 5.02 Å². The van der Waals surface area contributed by atoms with Crippen LogP contribution in [-0.2, 0) is 6.42 Å². The fraction of sp³-hybridized carbons (Fsp3) is 0.300. The molecule has 1 saturated heterocycles. The zero-order valence-electron chi connectivity index (χ0n) is 16.4. The number of aromatic nitrogens is 3. The molecular formula is C20H19BrClN7S2. The van der Waals surface area contributed by atoms with E-state index in [1.165, 1.54) is 16.6 Å². The van der Waals surface area contributed by atoms with E-state index in [1.807, 2.05) is 0 Å². The van der Waals surface area contributed by atoms with Crippen LogP contribution < -0.4 is 16.4 Å². The van der Waals surface area contributed by atoms with Gasteiger partial charge in [0.05, 0.1) is 15.0 Å². The van der Waals surface area contributed by atoms with Gasteiger partial charge in [-0.15, -0.1) is 11.3 Å². The van der Waals surface area contributed by atoms with Gasteiger partial charge in [-0.1, -0.05) is 23.4 Å². The Hall–Kier alpha value is -1.88. The normalized spacial score (nSPS) is 17.4. The molecule has 1 aliphatic carbocycles. The number of nitrogens with two attached hydrogens (primary N) is 2. The lowest BCUT2D eigenvalue weighted by atomic mass is 9.75. The van der Waals surface area contributed by atoms with Crippen molar-refractivity contribution < 1.29 is 0 Å². The van der Waals surface area contributed by atoms with Gasteiger partial charge in [0.15, 0.2) is 5.82 Å². The number of hydrogen-bond donors (Lipinski definition) is 3. The van der Waals surface area contributed by atoms with E-state index in [-0.39, 0.29) is 11.2 Å². The third-order valence-electron chi connectivity index (χ3n) is 5.96. The van der Waals surface area contributed by atoms with E-state index in [0.29, 0.717) is 15.9 Å². The van der Waals surface area contributed by atoms with Crippen molar-refractivity contribution in [2.45, 2.75) is 29.2 Å². The summed E-state index contributed by atoms with van der Waals surface area (Å²) in [6.45, 7) is 1.65. The number of fused-ring (bicyclic) bond motifs is 1. The van der Waals surface area contributed by atoms with Gasteiger partial charge in [0.2, 0.25) is 0 Å². The highest BCUT2D eigenvalue weighted by Crippen LogP contribution is 2.48. The van der Waals surface area contributed by atoms with Crippen molar-refractivity contribution in [1.29, 1.82) is 5.41 Å². The first kappa shape index (κ1) is 21.0. The number of nitrogen functional groups attached to an aromatic ring is 2. The minimum Gasteiger partial charge on any atom is -0.382 e. The maximum absolute atomic E-state index is 8.75. The van der Waals surface area contributed by atoms with Crippen LogP contribution >= 0.6 is 50.6 Å². The molecule has 160 valence electrons. The Morgan fingerprint density at radius 1 is 1.23 bits per heavy atom. The number of hydrogen-bond acceptors (Lipinski definition) is 9. The number of halogens is 2. The number of nitrogens with one attached hydrogen (secondary N) is 1. The Balaban J connectivity index is 1.29.